The van der Waals surface area contributed by atoms with Crippen LogP contribution in [0.4, 0.5) is 0 Å². The van der Waals surface area contributed by atoms with E-state index in [0.717, 1.165) is 16.7 Å². The summed E-state index contributed by atoms with van der Waals surface area (Å²) in [5.74, 6) is 0.522. The SMILES string of the molecule is CC(C)(C)c1cc(-c2ccccc2)ccc1OP(O)O. The van der Waals surface area contributed by atoms with E-state index in [-0.39, 0.29) is 5.41 Å². The van der Waals surface area contributed by atoms with Crippen molar-refractivity contribution in [1.29, 1.82) is 0 Å². The van der Waals surface area contributed by atoms with Crippen molar-refractivity contribution in [2.45, 2.75) is 26.2 Å². The van der Waals surface area contributed by atoms with Crippen molar-refractivity contribution in [2.24, 2.45) is 0 Å². The first-order chi connectivity index (χ1) is 9.38. The molecular weight excluding hydrogens is 271 g/mol. The summed E-state index contributed by atoms with van der Waals surface area (Å²) in [6.45, 7) is 6.21. The molecule has 0 atom stereocenters. The first-order valence-corrected chi connectivity index (χ1v) is 7.60. The number of hydrogen-bond donors (Lipinski definition) is 2. The zero-order valence-electron chi connectivity index (χ0n) is 11.9. The summed E-state index contributed by atoms with van der Waals surface area (Å²) in [5, 5.41) is 0. The number of hydrogen-bond acceptors (Lipinski definition) is 3. The maximum absolute atomic E-state index is 9.08. The second-order valence-corrected chi connectivity index (χ2v) is 6.36. The van der Waals surface area contributed by atoms with Crippen LogP contribution in [0.25, 0.3) is 11.1 Å². The van der Waals surface area contributed by atoms with Crippen molar-refractivity contribution in [3.63, 3.8) is 0 Å². The van der Waals surface area contributed by atoms with E-state index in [2.05, 4.69) is 20.8 Å². The quantitative estimate of drug-likeness (QED) is 0.831. The molecule has 0 aromatic heterocycles. The normalized spacial score (nSPS) is 11.7. The average molecular weight is 290 g/mol. The van der Waals surface area contributed by atoms with Crippen molar-refractivity contribution in [3.8, 4) is 16.9 Å². The molecule has 0 aliphatic heterocycles. The van der Waals surface area contributed by atoms with Gasteiger partial charge in [0.2, 0.25) is 0 Å². The molecule has 0 unspecified atom stereocenters. The minimum absolute atomic E-state index is 0.147. The third-order valence-corrected chi connectivity index (χ3v) is 3.43. The Labute approximate surface area is 120 Å². The third-order valence-electron chi connectivity index (χ3n) is 3.07. The van der Waals surface area contributed by atoms with Gasteiger partial charge in [-0.25, -0.2) is 0 Å². The maximum atomic E-state index is 9.08. The molecule has 2 aromatic rings. The molecule has 0 aliphatic carbocycles. The van der Waals surface area contributed by atoms with E-state index >= 15 is 0 Å². The van der Waals surface area contributed by atoms with Gasteiger partial charge in [-0.15, -0.1) is 0 Å². The van der Waals surface area contributed by atoms with Crippen LogP contribution in [-0.4, -0.2) is 9.79 Å². The van der Waals surface area contributed by atoms with Gasteiger partial charge in [-0.1, -0.05) is 57.2 Å². The van der Waals surface area contributed by atoms with Crippen LogP contribution in [0, 0.1) is 0 Å². The highest BCUT2D eigenvalue weighted by atomic mass is 31.2. The van der Waals surface area contributed by atoms with Gasteiger partial charge in [0.1, 0.15) is 5.75 Å². The Morgan fingerprint density at radius 2 is 1.55 bits per heavy atom. The van der Waals surface area contributed by atoms with Gasteiger partial charge < -0.3 is 14.3 Å². The summed E-state index contributed by atoms with van der Waals surface area (Å²) in [4.78, 5) is 18.2. The van der Waals surface area contributed by atoms with Gasteiger partial charge in [-0.2, -0.15) is 0 Å². The van der Waals surface area contributed by atoms with Gasteiger partial charge in [0.05, 0.1) is 0 Å². The molecule has 0 fully saturated rings. The molecule has 0 radical (unpaired) electrons. The minimum atomic E-state index is -2.40. The van der Waals surface area contributed by atoms with Gasteiger partial charge in [0, 0.05) is 5.56 Å². The first-order valence-electron chi connectivity index (χ1n) is 6.44. The lowest BCUT2D eigenvalue weighted by molar-refractivity contribution is 0.370. The van der Waals surface area contributed by atoms with E-state index in [9.17, 15) is 0 Å². The molecule has 106 valence electrons. The van der Waals surface area contributed by atoms with E-state index in [1.165, 1.54) is 0 Å². The summed E-state index contributed by atoms with van der Waals surface area (Å²) in [7, 11) is -2.40. The van der Waals surface area contributed by atoms with E-state index in [0.29, 0.717) is 5.75 Å². The maximum Gasteiger partial charge on any atom is 0.391 e. The highest BCUT2D eigenvalue weighted by Crippen LogP contribution is 2.39. The predicted octanol–water partition coefficient (Wildman–Crippen LogP) is 4.24. The van der Waals surface area contributed by atoms with Gasteiger partial charge in [-0.3, -0.25) is 0 Å². The molecule has 20 heavy (non-hydrogen) atoms. The fourth-order valence-corrected chi connectivity index (χ4v) is 2.43. The van der Waals surface area contributed by atoms with Crippen LogP contribution in [0.2, 0.25) is 0 Å². The fraction of sp³-hybridized carbons (Fsp3) is 0.250. The van der Waals surface area contributed by atoms with Crippen LogP contribution in [0.3, 0.4) is 0 Å². The van der Waals surface area contributed by atoms with E-state index < -0.39 is 8.60 Å². The summed E-state index contributed by atoms with van der Waals surface area (Å²) < 4.78 is 5.14. The minimum Gasteiger partial charge on any atom is -0.427 e. The highest BCUT2D eigenvalue weighted by Gasteiger charge is 2.21. The lowest BCUT2D eigenvalue weighted by Crippen LogP contribution is -2.12. The van der Waals surface area contributed by atoms with Crippen LogP contribution in [0.5, 0.6) is 5.75 Å². The second kappa shape index (κ2) is 5.92. The highest BCUT2D eigenvalue weighted by molar-refractivity contribution is 7.39. The second-order valence-electron chi connectivity index (χ2n) is 5.67. The van der Waals surface area contributed by atoms with Crippen molar-refractivity contribution in [1.82, 2.24) is 0 Å². The van der Waals surface area contributed by atoms with Gasteiger partial charge >= 0.3 is 8.60 Å². The Morgan fingerprint density at radius 1 is 0.900 bits per heavy atom. The van der Waals surface area contributed by atoms with Gasteiger partial charge in [-0.05, 0) is 28.7 Å². The molecule has 2 N–H and O–H groups in total. The molecule has 0 spiro atoms. The topological polar surface area (TPSA) is 49.7 Å². The standard InChI is InChI=1S/C16H19O3P/c1-16(2,3)14-11-13(12-7-5-4-6-8-12)9-10-15(14)19-20(17)18/h4-11,17-18H,1-3H3. The molecule has 2 aromatic carbocycles. The Balaban J connectivity index is 2.49. The molecule has 0 amide bonds. The molecule has 2 rings (SSSR count). The summed E-state index contributed by atoms with van der Waals surface area (Å²) in [6.07, 6.45) is 0. The van der Waals surface area contributed by atoms with Crippen molar-refractivity contribution in [2.75, 3.05) is 0 Å². The van der Waals surface area contributed by atoms with Crippen LogP contribution in [-0.2, 0) is 5.41 Å². The van der Waals surface area contributed by atoms with Crippen molar-refractivity contribution < 1.29 is 14.3 Å². The molecular formula is C16H19O3P. The summed E-state index contributed by atoms with van der Waals surface area (Å²) in [6, 6.07) is 15.8. The van der Waals surface area contributed by atoms with Crippen LogP contribution in [0.15, 0.2) is 48.5 Å². The predicted molar refractivity (Wildman–Crippen MR) is 82.6 cm³/mol. The van der Waals surface area contributed by atoms with Crippen molar-refractivity contribution >= 4 is 8.60 Å². The van der Waals surface area contributed by atoms with Gasteiger partial charge in [0.25, 0.3) is 0 Å². The zero-order chi connectivity index (χ0) is 14.8. The summed E-state index contributed by atoms with van der Waals surface area (Å²) >= 11 is 0. The Bertz CT molecular complexity index is 574. The average Bonchev–Trinajstić information content (AvgIpc) is 2.38. The molecule has 0 aliphatic rings. The van der Waals surface area contributed by atoms with Gasteiger partial charge in [0.15, 0.2) is 0 Å². The molecule has 0 bridgehead atoms. The smallest absolute Gasteiger partial charge is 0.391 e. The Hall–Kier alpha value is -1.41. The van der Waals surface area contributed by atoms with Crippen LogP contribution in [0.1, 0.15) is 26.3 Å². The Morgan fingerprint density at radius 3 is 2.10 bits per heavy atom. The lowest BCUT2D eigenvalue weighted by atomic mass is 9.84. The monoisotopic (exact) mass is 290 g/mol. The zero-order valence-corrected chi connectivity index (χ0v) is 12.8. The van der Waals surface area contributed by atoms with Crippen LogP contribution >= 0.6 is 8.60 Å². The Kier molecular flexibility index (Phi) is 4.44. The fourth-order valence-electron chi connectivity index (χ4n) is 2.09. The molecule has 0 heterocycles. The number of rotatable bonds is 3. The first kappa shape index (κ1) is 15.0. The summed E-state index contributed by atoms with van der Waals surface area (Å²) in [5.41, 5.74) is 3.02. The number of benzene rings is 2. The molecule has 0 saturated carbocycles. The molecule has 0 saturated heterocycles. The lowest BCUT2D eigenvalue weighted by Gasteiger charge is -2.23. The van der Waals surface area contributed by atoms with E-state index in [1.54, 1.807) is 6.07 Å². The third kappa shape index (κ3) is 3.57. The molecule has 3 nitrogen and oxygen atoms in total. The van der Waals surface area contributed by atoms with E-state index in [1.807, 2.05) is 42.5 Å². The molecule has 4 heteroatoms. The van der Waals surface area contributed by atoms with Crippen LogP contribution < -0.4 is 4.52 Å². The van der Waals surface area contributed by atoms with Crippen molar-refractivity contribution in [3.05, 3.63) is 54.1 Å². The van der Waals surface area contributed by atoms with E-state index in [4.69, 9.17) is 14.3 Å². The largest absolute Gasteiger partial charge is 0.427 e.